The summed E-state index contributed by atoms with van der Waals surface area (Å²) < 4.78 is 2.25. The third-order valence-corrected chi connectivity index (χ3v) is 3.18. The summed E-state index contributed by atoms with van der Waals surface area (Å²) in [6.45, 7) is 6.54. The molecule has 0 amide bonds. The van der Waals surface area contributed by atoms with Crippen LogP contribution in [0.15, 0.2) is 6.20 Å². The van der Waals surface area contributed by atoms with Crippen LogP contribution in [0.2, 0.25) is 0 Å². The van der Waals surface area contributed by atoms with Crippen LogP contribution in [0.3, 0.4) is 0 Å². The van der Waals surface area contributed by atoms with Crippen molar-refractivity contribution in [2.75, 3.05) is 0 Å². The van der Waals surface area contributed by atoms with E-state index in [9.17, 15) is 0 Å². The van der Waals surface area contributed by atoms with Crippen LogP contribution in [0.5, 0.6) is 0 Å². The van der Waals surface area contributed by atoms with Gasteiger partial charge in [-0.15, -0.1) is 0 Å². The van der Waals surface area contributed by atoms with E-state index in [4.69, 9.17) is 5.73 Å². The molecule has 2 unspecified atom stereocenters. The van der Waals surface area contributed by atoms with Crippen LogP contribution in [0.4, 0.5) is 0 Å². The summed E-state index contributed by atoms with van der Waals surface area (Å²) in [6, 6.07) is 0.690. The molecule has 0 spiro atoms. The summed E-state index contributed by atoms with van der Waals surface area (Å²) in [5, 5.41) is 0. The molecule has 2 N–H and O–H groups in total. The van der Waals surface area contributed by atoms with E-state index < -0.39 is 0 Å². The van der Waals surface area contributed by atoms with Gasteiger partial charge < -0.3 is 10.3 Å². The molecular weight excluding hydrogens is 174 g/mol. The van der Waals surface area contributed by atoms with Crippen molar-refractivity contribution in [3.8, 4) is 0 Å². The van der Waals surface area contributed by atoms with Gasteiger partial charge in [0, 0.05) is 24.7 Å². The molecule has 0 aromatic carbocycles. The van der Waals surface area contributed by atoms with Crippen LogP contribution < -0.4 is 5.73 Å². The van der Waals surface area contributed by atoms with Gasteiger partial charge in [-0.1, -0.05) is 13.8 Å². The Balaban J connectivity index is 2.36. The van der Waals surface area contributed by atoms with Crippen molar-refractivity contribution in [2.24, 2.45) is 5.73 Å². The number of fused-ring (bicyclic) bond motifs is 1. The van der Waals surface area contributed by atoms with E-state index in [0.717, 1.165) is 12.8 Å². The second-order valence-electron chi connectivity index (χ2n) is 4.59. The van der Waals surface area contributed by atoms with Gasteiger partial charge in [-0.3, -0.25) is 0 Å². The van der Waals surface area contributed by atoms with E-state index >= 15 is 0 Å². The van der Waals surface area contributed by atoms with Gasteiger partial charge in [0.2, 0.25) is 0 Å². The predicted octanol–water partition coefficient (Wildman–Crippen LogP) is 1.84. The monoisotopic (exact) mass is 193 g/mol. The number of rotatable bonds is 1. The first-order chi connectivity index (χ1) is 6.59. The molecular formula is C11H19N3. The van der Waals surface area contributed by atoms with Crippen LogP contribution in [0.25, 0.3) is 0 Å². The van der Waals surface area contributed by atoms with Gasteiger partial charge in [0.25, 0.3) is 0 Å². The van der Waals surface area contributed by atoms with Crippen LogP contribution in [0.1, 0.15) is 50.7 Å². The van der Waals surface area contributed by atoms with Crippen molar-refractivity contribution in [2.45, 2.75) is 51.6 Å². The third-order valence-electron chi connectivity index (χ3n) is 3.18. The Hall–Kier alpha value is -0.830. The highest BCUT2D eigenvalue weighted by Crippen LogP contribution is 2.25. The Kier molecular flexibility index (Phi) is 2.35. The average molecular weight is 193 g/mol. The predicted molar refractivity (Wildman–Crippen MR) is 57.3 cm³/mol. The van der Waals surface area contributed by atoms with Gasteiger partial charge >= 0.3 is 0 Å². The molecule has 2 atom stereocenters. The standard InChI is InChI=1S/C11H19N3/c1-7(2)10-6-14-8(3)9(12)4-5-11(14)13-10/h6-9H,4-5,12H2,1-3H3. The van der Waals surface area contributed by atoms with Crippen LogP contribution in [-0.2, 0) is 6.42 Å². The number of nitrogens with zero attached hydrogens (tertiary/aromatic N) is 2. The molecule has 2 rings (SSSR count). The first kappa shape index (κ1) is 9.71. The molecule has 78 valence electrons. The lowest BCUT2D eigenvalue weighted by Crippen LogP contribution is -2.35. The summed E-state index contributed by atoms with van der Waals surface area (Å²) in [4.78, 5) is 4.64. The lowest BCUT2D eigenvalue weighted by atomic mass is 10.0. The summed E-state index contributed by atoms with van der Waals surface area (Å²) in [5.41, 5.74) is 7.23. The smallest absolute Gasteiger partial charge is 0.109 e. The Morgan fingerprint density at radius 2 is 2.29 bits per heavy atom. The Labute approximate surface area is 85.3 Å². The van der Waals surface area contributed by atoms with E-state index in [1.165, 1.54) is 11.5 Å². The molecule has 3 heteroatoms. The summed E-state index contributed by atoms with van der Waals surface area (Å²) in [6.07, 6.45) is 4.26. The SMILES string of the molecule is CC(C)c1cn2c(n1)CCC(N)C2C. The molecule has 0 bridgehead atoms. The van der Waals surface area contributed by atoms with Gasteiger partial charge in [-0.2, -0.15) is 0 Å². The minimum absolute atomic E-state index is 0.289. The molecule has 2 heterocycles. The molecule has 14 heavy (non-hydrogen) atoms. The summed E-state index contributed by atoms with van der Waals surface area (Å²) in [5.74, 6) is 1.72. The maximum absolute atomic E-state index is 6.03. The molecule has 1 aliphatic heterocycles. The lowest BCUT2D eigenvalue weighted by molar-refractivity contribution is 0.367. The van der Waals surface area contributed by atoms with Crippen molar-refractivity contribution in [1.29, 1.82) is 0 Å². The second-order valence-corrected chi connectivity index (χ2v) is 4.59. The normalized spacial score (nSPS) is 26.6. The highest BCUT2D eigenvalue weighted by molar-refractivity contribution is 5.12. The zero-order valence-electron chi connectivity index (χ0n) is 9.20. The van der Waals surface area contributed by atoms with Crippen LogP contribution in [-0.4, -0.2) is 15.6 Å². The Bertz CT molecular complexity index is 327. The molecule has 0 saturated heterocycles. The van der Waals surface area contributed by atoms with E-state index in [2.05, 4.69) is 36.5 Å². The third kappa shape index (κ3) is 1.46. The van der Waals surface area contributed by atoms with E-state index in [0.29, 0.717) is 12.0 Å². The molecule has 0 aliphatic carbocycles. The van der Waals surface area contributed by atoms with Crippen molar-refractivity contribution in [3.05, 3.63) is 17.7 Å². The first-order valence-corrected chi connectivity index (χ1v) is 5.43. The average Bonchev–Trinajstić information content (AvgIpc) is 2.56. The summed E-state index contributed by atoms with van der Waals surface area (Å²) >= 11 is 0. The quantitative estimate of drug-likeness (QED) is 0.739. The highest BCUT2D eigenvalue weighted by atomic mass is 15.1. The number of aryl methyl sites for hydroxylation is 1. The molecule has 1 aliphatic rings. The minimum atomic E-state index is 0.289. The van der Waals surface area contributed by atoms with E-state index in [1.807, 2.05) is 0 Å². The van der Waals surface area contributed by atoms with Gasteiger partial charge in [-0.05, 0) is 19.3 Å². The van der Waals surface area contributed by atoms with Crippen molar-refractivity contribution in [3.63, 3.8) is 0 Å². The van der Waals surface area contributed by atoms with Gasteiger partial charge in [0.1, 0.15) is 5.82 Å². The molecule has 0 saturated carbocycles. The fraction of sp³-hybridized carbons (Fsp3) is 0.727. The first-order valence-electron chi connectivity index (χ1n) is 5.43. The zero-order valence-corrected chi connectivity index (χ0v) is 9.20. The van der Waals surface area contributed by atoms with E-state index in [1.54, 1.807) is 0 Å². The Morgan fingerprint density at radius 1 is 1.57 bits per heavy atom. The number of nitrogens with two attached hydrogens (primary N) is 1. The van der Waals surface area contributed by atoms with Crippen molar-refractivity contribution in [1.82, 2.24) is 9.55 Å². The van der Waals surface area contributed by atoms with Gasteiger partial charge in [0.15, 0.2) is 0 Å². The summed E-state index contributed by atoms with van der Waals surface area (Å²) in [7, 11) is 0. The number of imidazole rings is 1. The van der Waals surface area contributed by atoms with Crippen molar-refractivity contribution < 1.29 is 0 Å². The molecule has 0 fully saturated rings. The number of hydrogen-bond acceptors (Lipinski definition) is 2. The number of hydrogen-bond donors (Lipinski definition) is 1. The Morgan fingerprint density at radius 3 is 2.93 bits per heavy atom. The fourth-order valence-electron chi connectivity index (χ4n) is 2.01. The maximum Gasteiger partial charge on any atom is 0.109 e. The molecule has 0 radical (unpaired) electrons. The minimum Gasteiger partial charge on any atom is -0.330 e. The molecule has 3 nitrogen and oxygen atoms in total. The van der Waals surface area contributed by atoms with Crippen molar-refractivity contribution >= 4 is 0 Å². The van der Waals surface area contributed by atoms with Gasteiger partial charge in [-0.25, -0.2) is 4.98 Å². The molecule has 1 aromatic heterocycles. The highest BCUT2D eigenvalue weighted by Gasteiger charge is 2.24. The fourth-order valence-corrected chi connectivity index (χ4v) is 2.01. The van der Waals surface area contributed by atoms with Crippen LogP contribution >= 0.6 is 0 Å². The van der Waals surface area contributed by atoms with E-state index in [-0.39, 0.29) is 6.04 Å². The zero-order chi connectivity index (χ0) is 10.3. The largest absolute Gasteiger partial charge is 0.330 e. The maximum atomic E-state index is 6.03. The van der Waals surface area contributed by atoms with Gasteiger partial charge in [0.05, 0.1) is 5.69 Å². The lowest BCUT2D eigenvalue weighted by Gasteiger charge is -2.27. The van der Waals surface area contributed by atoms with Crippen LogP contribution in [0, 0.1) is 0 Å². The number of aromatic nitrogens is 2. The topological polar surface area (TPSA) is 43.8 Å². The second kappa shape index (κ2) is 3.39. The molecule has 1 aromatic rings.